The lowest BCUT2D eigenvalue weighted by Crippen LogP contribution is -2.56. The summed E-state index contributed by atoms with van der Waals surface area (Å²) in [5.74, 6) is -3.12. The number of nitrogens with zero attached hydrogens (tertiary/aromatic N) is 4. The van der Waals surface area contributed by atoms with E-state index in [-0.39, 0.29) is 34.3 Å². The van der Waals surface area contributed by atoms with Gasteiger partial charge in [-0.2, -0.15) is 5.26 Å². The lowest BCUT2D eigenvalue weighted by atomic mass is 9.83. The molecule has 2 aliphatic rings. The number of aliphatic imine (C=N–C) groups is 1. The number of fused-ring (bicyclic) bond motifs is 4. The highest BCUT2D eigenvalue weighted by Crippen LogP contribution is 2.43. The molecular formula is C25H24F2N8O. The lowest BCUT2D eigenvalue weighted by molar-refractivity contribution is 0.354. The highest BCUT2D eigenvalue weighted by atomic mass is 19.1. The molecule has 184 valence electrons. The zero-order valence-corrected chi connectivity index (χ0v) is 19.9. The van der Waals surface area contributed by atoms with Gasteiger partial charge >= 0.3 is 0 Å². The molecule has 0 radical (unpaired) electrons. The fourth-order valence-corrected chi connectivity index (χ4v) is 5.08. The second-order valence-corrected chi connectivity index (χ2v) is 9.17. The molecule has 5 rings (SSSR count). The van der Waals surface area contributed by atoms with Crippen molar-refractivity contribution in [3.8, 4) is 11.8 Å². The number of hydrogen-bond acceptors (Lipinski definition) is 8. The van der Waals surface area contributed by atoms with Crippen molar-refractivity contribution in [2.24, 2.45) is 16.5 Å². The molecule has 3 heterocycles. The molecule has 1 aromatic heterocycles. The summed E-state index contributed by atoms with van der Waals surface area (Å²) in [5, 5.41) is 16.2. The van der Waals surface area contributed by atoms with Crippen molar-refractivity contribution in [2.45, 2.75) is 44.9 Å². The molecule has 36 heavy (non-hydrogen) atoms. The van der Waals surface area contributed by atoms with Gasteiger partial charge in [-0.1, -0.05) is 19.1 Å². The molecule has 3 atom stereocenters. The van der Waals surface area contributed by atoms with Crippen LogP contribution in [0.3, 0.4) is 0 Å². The van der Waals surface area contributed by atoms with E-state index < -0.39 is 34.9 Å². The molecule has 2 aromatic carbocycles. The number of amidine groups is 1. The van der Waals surface area contributed by atoms with Crippen molar-refractivity contribution in [1.29, 1.82) is 5.26 Å². The van der Waals surface area contributed by atoms with Gasteiger partial charge in [-0.3, -0.25) is 15.1 Å². The summed E-state index contributed by atoms with van der Waals surface area (Å²) in [5.41, 5.74) is 13.1. The molecule has 6 N–H and O–H groups in total. The van der Waals surface area contributed by atoms with Gasteiger partial charge in [-0.05, 0) is 38.0 Å². The fraction of sp³-hybridized carbons (Fsp3) is 0.280. The van der Waals surface area contributed by atoms with Gasteiger partial charge in [0.05, 0.1) is 22.6 Å². The molecule has 0 saturated carbocycles. The van der Waals surface area contributed by atoms with E-state index in [2.05, 4.69) is 15.6 Å². The molecule has 2 aliphatic heterocycles. The first-order valence-corrected chi connectivity index (χ1v) is 11.4. The lowest BCUT2D eigenvalue weighted by Gasteiger charge is -2.38. The Bertz CT molecular complexity index is 1600. The SMILES string of the molecule is CC[C@H]1c2c(F)cc(F)cc2-n2c(nc3cccc(C)c3c2=O)[C@H]1NC1=C(C#N)C(N)=NC(C)(N)N1. The predicted octanol–water partition coefficient (Wildman–Crippen LogP) is 2.44. The number of halogens is 2. The molecular weight excluding hydrogens is 466 g/mol. The second kappa shape index (κ2) is 8.13. The highest BCUT2D eigenvalue weighted by molar-refractivity contribution is 6.02. The van der Waals surface area contributed by atoms with Crippen LogP contribution in [0.15, 0.2) is 51.5 Å². The number of nitrogens with one attached hydrogen (secondary N) is 2. The van der Waals surface area contributed by atoms with E-state index in [1.807, 2.05) is 13.0 Å². The highest BCUT2D eigenvalue weighted by Gasteiger charge is 2.40. The zero-order chi connectivity index (χ0) is 25.9. The minimum atomic E-state index is -1.32. The first-order chi connectivity index (χ1) is 17.1. The molecule has 0 spiro atoms. The Kier molecular flexibility index (Phi) is 5.30. The van der Waals surface area contributed by atoms with Crippen LogP contribution in [0, 0.1) is 29.9 Å². The monoisotopic (exact) mass is 490 g/mol. The number of benzene rings is 2. The maximum absolute atomic E-state index is 15.3. The molecule has 0 fully saturated rings. The summed E-state index contributed by atoms with van der Waals surface area (Å²) in [4.78, 5) is 22.7. The molecule has 1 unspecified atom stereocenters. The number of nitrogens with two attached hydrogens (primary N) is 2. The standard InChI is InChI=1S/C25H24F2N8O/c1-4-13-19-15(27)8-12(26)9-17(19)35-23(31-16-7-5-6-11(2)18(16)24(35)36)20(13)32-22-14(10-28)21(29)33-25(3,30)34-22/h5-9,13,20,32,34H,4,30H2,1-3H3,(H2,29,33)/t13-,20-,25?/m0/s1. The van der Waals surface area contributed by atoms with Gasteiger partial charge in [0.2, 0.25) is 0 Å². The Balaban J connectivity index is 1.83. The van der Waals surface area contributed by atoms with Crippen molar-refractivity contribution < 1.29 is 8.78 Å². The van der Waals surface area contributed by atoms with Crippen LogP contribution in [-0.2, 0) is 0 Å². The van der Waals surface area contributed by atoms with Crippen molar-refractivity contribution in [2.75, 3.05) is 0 Å². The Labute approximate surface area is 205 Å². The van der Waals surface area contributed by atoms with Gasteiger partial charge in [0, 0.05) is 17.5 Å². The van der Waals surface area contributed by atoms with Gasteiger partial charge in [0.1, 0.15) is 40.8 Å². The third-order valence-electron chi connectivity index (χ3n) is 6.58. The van der Waals surface area contributed by atoms with E-state index in [0.29, 0.717) is 22.9 Å². The van der Waals surface area contributed by atoms with E-state index in [1.165, 1.54) is 4.57 Å². The molecule has 0 saturated heterocycles. The Morgan fingerprint density at radius 1 is 1.33 bits per heavy atom. The van der Waals surface area contributed by atoms with Crippen LogP contribution in [0.5, 0.6) is 0 Å². The topological polar surface area (TPSA) is 147 Å². The van der Waals surface area contributed by atoms with Crippen LogP contribution in [0.4, 0.5) is 8.78 Å². The van der Waals surface area contributed by atoms with Gasteiger partial charge in [-0.15, -0.1) is 0 Å². The summed E-state index contributed by atoms with van der Waals surface area (Å²) in [7, 11) is 0. The second-order valence-electron chi connectivity index (χ2n) is 9.17. The molecule has 0 aliphatic carbocycles. The van der Waals surface area contributed by atoms with Crippen molar-refractivity contribution >= 4 is 16.7 Å². The normalized spacial score (nSPS) is 22.9. The third-order valence-corrected chi connectivity index (χ3v) is 6.58. The van der Waals surface area contributed by atoms with Gasteiger partial charge in [-0.25, -0.2) is 18.8 Å². The maximum atomic E-state index is 15.3. The molecule has 11 heteroatoms. The van der Waals surface area contributed by atoms with Crippen molar-refractivity contribution in [3.63, 3.8) is 0 Å². The van der Waals surface area contributed by atoms with E-state index in [9.17, 15) is 14.4 Å². The van der Waals surface area contributed by atoms with Gasteiger partial charge in [0.15, 0.2) is 5.79 Å². The first-order valence-electron chi connectivity index (χ1n) is 11.4. The maximum Gasteiger partial charge on any atom is 0.266 e. The Hall–Kier alpha value is -4.30. The number of hydrogen-bond donors (Lipinski definition) is 4. The predicted molar refractivity (Wildman–Crippen MR) is 131 cm³/mol. The molecule has 0 bridgehead atoms. The quantitative estimate of drug-likeness (QED) is 0.441. The van der Waals surface area contributed by atoms with Crippen LogP contribution < -0.4 is 27.7 Å². The van der Waals surface area contributed by atoms with Crippen LogP contribution in [-0.4, -0.2) is 21.2 Å². The van der Waals surface area contributed by atoms with Crippen LogP contribution in [0.25, 0.3) is 16.6 Å². The average molecular weight is 491 g/mol. The summed E-state index contributed by atoms with van der Waals surface area (Å²) < 4.78 is 31.0. The van der Waals surface area contributed by atoms with E-state index in [0.717, 1.165) is 12.1 Å². The number of rotatable bonds is 3. The van der Waals surface area contributed by atoms with Crippen molar-refractivity contribution in [1.82, 2.24) is 20.2 Å². The van der Waals surface area contributed by atoms with Crippen molar-refractivity contribution in [3.05, 3.63) is 80.7 Å². The third kappa shape index (κ3) is 3.49. The molecule has 0 amide bonds. The summed E-state index contributed by atoms with van der Waals surface area (Å²) in [6.45, 7) is 5.19. The smallest absolute Gasteiger partial charge is 0.266 e. The van der Waals surface area contributed by atoms with E-state index in [1.54, 1.807) is 32.0 Å². The zero-order valence-electron chi connectivity index (χ0n) is 19.9. The summed E-state index contributed by atoms with van der Waals surface area (Å²) >= 11 is 0. The first kappa shape index (κ1) is 23.4. The molecule has 9 nitrogen and oxygen atoms in total. The number of aryl methyl sites for hydroxylation is 1. The van der Waals surface area contributed by atoms with Crippen LogP contribution >= 0.6 is 0 Å². The number of nitriles is 1. The largest absolute Gasteiger partial charge is 0.383 e. The minimum Gasteiger partial charge on any atom is -0.383 e. The fourth-order valence-electron chi connectivity index (χ4n) is 5.08. The number of aromatic nitrogens is 2. The van der Waals surface area contributed by atoms with Crippen LogP contribution in [0.2, 0.25) is 0 Å². The van der Waals surface area contributed by atoms with E-state index >= 15 is 4.39 Å². The Morgan fingerprint density at radius 3 is 2.78 bits per heavy atom. The summed E-state index contributed by atoms with van der Waals surface area (Å²) in [6, 6.07) is 8.43. The Morgan fingerprint density at radius 2 is 2.08 bits per heavy atom. The van der Waals surface area contributed by atoms with E-state index in [4.69, 9.17) is 16.5 Å². The minimum absolute atomic E-state index is 0.0173. The van der Waals surface area contributed by atoms with Gasteiger partial charge in [0.25, 0.3) is 5.56 Å². The average Bonchev–Trinajstić information content (AvgIpc) is 2.78. The molecule has 3 aromatic rings. The van der Waals surface area contributed by atoms with Crippen LogP contribution in [0.1, 0.15) is 49.2 Å². The summed E-state index contributed by atoms with van der Waals surface area (Å²) in [6.07, 6.45) is 0.410. The van der Waals surface area contributed by atoms with Gasteiger partial charge < -0.3 is 16.4 Å².